The van der Waals surface area contributed by atoms with Crippen molar-refractivity contribution in [3.05, 3.63) is 30.1 Å². The fourth-order valence-corrected chi connectivity index (χ4v) is 3.58. The molecule has 6 heteroatoms. The lowest BCUT2D eigenvalue weighted by Gasteiger charge is -2.22. The van der Waals surface area contributed by atoms with Gasteiger partial charge in [-0.3, -0.25) is 4.98 Å². The monoisotopic (exact) mass is 286 g/mol. The van der Waals surface area contributed by atoms with E-state index in [1.54, 1.807) is 18.5 Å². The third kappa shape index (κ3) is 5.26. The van der Waals surface area contributed by atoms with Crippen LogP contribution in [-0.2, 0) is 16.6 Å². The predicted octanol–water partition coefficient (Wildman–Crippen LogP) is 1.25. The Labute approximate surface area is 115 Å². The van der Waals surface area contributed by atoms with Crippen LogP contribution in [0.3, 0.4) is 0 Å². The van der Waals surface area contributed by atoms with Crippen LogP contribution in [-0.4, -0.2) is 41.7 Å². The van der Waals surface area contributed by atoms with Gasteiger partial charge in [-0.05, 0) is 17.5 Å². The molecule has 0 saturated carbocycles. The van der Waals surface area contributed by atoms with E-state index in [1.807, 2.05) is 19.9 Å². The first-order valence-corrected chi connectivity index (χ1v) is 8.08. The van der Waals surface area contributed by atoms with Crippen molar-refractivity contribution >= 4 is 10.0 Å². The van der Waals surface area contributed by atoms with Crippen molar-refractivity contribution in [1.29, 1.82) is 0 Å². The molecule has 0 aliphatic carbocycles. The van der Waals surface area contributed by atoms with E-state index in [2.05, 4.69) is 4.98 Å². The Balaban J connectivity index is 2.82. The molecule has 0 spiro atoms. The van der Waals surface area contributed by atoms with Gasteiger partial charge in [0.25, 0.3) is 0 Å². The number of hydrogen-bond donors (Lipinski definition) is 1. The van der Waals surface area contributed by atoms with E-state index in [1.165, 1.54) is 4.31 Å². The van der Waals surface area contributed by atoms with Crippen molar-refractivity contribution < 1.29 is 13.5 Å². The molecule has 108 valence electrons. The Morgan fingerprint density at radius 3 is 2.74 bits per heavy atom. The molecule has 19 heavy (non-hydrogen) atoms. The third-order valence-electron chi connectivity index (χ3n) is 3.02. The molecule has 0 amide bonds. The van der Waals surface area contributed by atoms with E-state index >= 15 is 0 Å². The summed E-state index contributed by atoms with van der Waals surface area (Å²) in [5.74, 6) is 0.226. The quantitative estimate of drug-likeness (QED) is 0.781. The van der Waals surface area contributed by atoms with Crippen LogP contribution < -0.4 is 0 Å². The van der Waals surface area contributed by atoms with E-state index < -0.39 is 10.0 Å². The second-order valence-corrected chi connectivity index (χ2v) is 6.72. The molecule has 1 unspecified atom stereocenters. The highest BCUT2D eigenvalue weighted by molar-refractivity contribution is 7.89. The van der Waals surface area contributed by atoms with Gasteiger partial charge in [-0.25, -0.2) is 8.42 Å². The van der Waals surface area contributed by atoms with Gasteiger partial charge in [0.15, 0.2) is 0 Å². The molecular formula is C13H22N2O3S. The Bertz CT molecular complexity index is 462. The zero-order chi connectivity index (χ0) is 14.3. The molecule has 0 aliphatic rings. The van der Waals surface area contributed by atoms with Crippen molar-refractivity contribution in [3.63, 3.8) is 0 Å². The molecule has 1 atom stereocenters. The summed E-state index contributed by atoms with van der Waals surface area (Å²) in [6.45, 7) is 4.08. The van der Waals surface area contributed by atoms with Crippen LogP contribution in [0.15, 0.2) is 24.5 Å². The first-order valence-electron chi connectivity index (χ1n) is 6.47. The third-order valence-corrected chi connectivity index (χ3v) is 5.11. The van der Waals surface area contributed by atoms with Crippen molar-refractivity contribution in [2.45, 2.75) is 26.8 Å². The Morgan fingerprint density at radius 2 is 2.21 bits per heavy atom. The minimum atomic E-state index is -3.35. The standard InChI is InChI=1S/C13H22N2O3S/c1-3-12(2)11-19(17,18)15(7-8-16)10-13-5-4-6-14-9-13/h4-6,9,12,16H,3,7-8,10-11H2,1-2H3. The molecule has 0 bridgehead atoms. The van der Waals surface area contributed by atoms with Gasteiger partial charge in [0, 0.05) is 25.5 Å². The van der Waals surface area contributed by atoms with E-state index in [0.717, 1.165) is 12.0 Å². The van der Waals surface area contributed by atoms with Crippen molar-refractivity contribution in [2.75, 3.05) is 18.9 Å². The molecule has 1 rings (SSSR count). The van der Waals surface area contributed by atoms with Crippen LogP contribution >= 0.6 is 0 Å². The normalized spacial score (nSPS) is 13.7. The van der Waals surface area contributed by atoms with Crippen LogP contribution in [0.2, 0.25) is 0 Å². The van der Waals surface area contributed by atoms with Crippen molar-refractivity contribution in [3.8, 4) is 0 Å². The average molecular weight is 286 g/mol. The lowest BCUT2D eigenvalue weighted by Crippen LogP contribution is -2.36. The maximum Gasteiger partial charge on any atom is 0.214 e. The van der Waals surface area contributed by atoms with E-state index in [0.29, 0.717) is 0 Å². The topological polar surface area (TPSA) is 70.5 Å². The highest BCUT2D eigenvalue weighted by atomic mass is 32.2. The zero-order valence-electron chi connectivity index (χ0n) is 11.5. The SMILES string of the molecule is CCC(C)CS(=O)(=O)N(CCO)Cc1cccnc1. The largest absolute Gasteiger partial charge is 0.395 e. The molecule has 5 nitrogen and oxygen atoms in total. The number of aliphatic hydroxyl groups excluding tert-OH is 1. The van der Waals surface area contributed by atoms with Crippen LogP contribution in [0.1, 0.15) is 25.8 Å². The minimum Gasteiger partial charge on any atom is -0.395 e. The van der Waals surface area contributed by atoms with Gasteiger partial charge in [-0.2, -0.15) is 4.31 Å². The fraction of sp³-hybridized carbons (Fsp3) is 0.615. The smallest absolute Gasteiger partial charge is 0.214 e. The first kappa shape index (κ1) is 16.1. The van der Waals surface area contributed by atoms with Gasteiger partial charge in [0.05, 0.1) is 12.4 Å². The van der Waals surface area contributed by atoms with E-state index in [9.17, 15) is 8.42 Å². The molecule has 0 saturated heterocycles. The van der Waals surface area contributed by atoms with Gasteiger partial charge in [0.2, 0.25) is 10.0 Å². The molecule has 1 N–H and O–H groups in total. The summed E-state index contributed by atoms with van der Waals surface area (Å²) in [7, 11) is -3.35. The summed E-state index contributed by atoms with van der Waals surface area (Å²) < 4.78 is 25.9. The maximum absolute atomic E-state index is 12.3. The van der Waals surface area contributed by atoms with Crippen LogP contribution in [0.5, 0.6) is 0 Å². The number of rotatable bonds is 8. The van der Waals surface area contributed by atoms with E-state index in [4.69, 9.17) is 5.11 Å². The fourth-order valence-electron chi connectivity index (χ4n) is 1.71. The highest BCUT2D eigenvalue weighted by Crippen LogP contribution is 2.13. The van der Waals surface area contributed by atoms with Crippen LogP contribution in [0.25, 0.3) is 0 Å². The molecule has 0 aromatic carbocycles. The second-order valence-electron chi connectivity index (χ2n) is 4.71. The molecule has 1 aromatic heterocycles. The maximum atomic E-state index is 12.3. The molecular weight excluding hydrogens is 264 g/mol. The Kier molecular flexibility index (Phi) is 6.41. The van der Waals surface area contributed by atoms with Crippen molar-refractivity contribution in [1.82, 2.24) is 9.29 Å². The second kappa shape index (κ2) is 7.57. The van der Waals surface area contributed by atoms with E-state index in [-0.39, 0.29) is 31.4 Å². The number of aliphatic hydroxyl groups is 1. The molecule has 0 aliphatic heterocycles. The summed E-state index contributed by atoms with van der Waals surface area (Å²) in [5.41, 5.74) is 0.823. The summed E-state index contributed by atoms with van der Waals surface area (Å²) >= 11 is 0. The van der Waals surface area contributed by atoms with Gasteiger partial charge in [0.1, 0.15) is 0 Å². The number of pyridine rings is 1. The molecule has 1 heterocycles. The molecule has 0 radical (unpaired) electrons. The molecule has 1 aromatic rings. The number of sulfonamides is 1. The van der Waals surface area contributed by atoms with Crippen LogP contribution in [0.4, 0.5) is 0 Å². The van der Waals surface area contributed by atoms with Gasteiger partial charge >= 0.3 is 0 Å². The van der Waals surface area contributed by atoms with Gasteiger partial charge in [-0.15, -0.1) is 0 Å². The number of hydrogen-bond acceptors (Lipinski definition) is 4. The Morgan fingerprint density at radius 1 is 1.47 bits per heavy atom. The summed E-state index contributed by atoms with van der Waals surface area (Å²) in [6.07, 6.45) is 4.11. The zero-order valence-corrected chi connectivity index (χ0v) is 12.3. The van der Waals surface area contributed by atoms with Gasteiger partial charge < -0.3 is 5.11 Å². The van der Waals surface area contributed by atoms with Gasteiger partial charge in [-0.1, -0.05) is 26.3 Å². The highest BCUT2D eigenvalue weighted by Gasteiger charge is 2.23. The summed E-state index contributed by atoms with van der Waals surface area (Å²) in [6, 6.07) is 3.60. The number of aromatic nitrogens is 1. The summed E-state index contributed by atoms with van der Waals surface area (Å²) in [4.78, 5) is 3.97. The summed E-state index contributed by atoms with van der Waals surface area (Å²) in [5, 5.41) is 9.05. The lowest BCUT2D eigenvalue weighted by molar-refractivity contribution is 0.250. The number of nitrogens with zero attached hydrogens (tertiary/aromatic N) is 2. The Hall–Kier alpha value is -0.980. The average Bonchev–Trinajstić information content (AvgIpc) is 2.39. The first-order chi connectivity index (χ1) is 8.99. The molecule has 0 fully saturated rings. The minimum absolute atomic E-state index is 0.111. The van der Waals surface area contributed by atoms with Crippen LogP contribution in [0, 0.1) is 5.92 Å². The predicted molar refractivity (Wildman–Crippen MR) is 75.0 cm³/mol. The van der Waals surface area contributed by atoms with Crippen molar-refractivity contribution in [2.24, 2.45) is 5.92 Å². The lowest BCUT2D eigenvalue weighted by atomic mass is 10.2.